The molecule has 1 saturated carbocycles. The topological polar surface area (TPSA) is 45.8 Å². The Kier molecular flexibility index (Phi) is 2.46. The molecule has 0 bridgehead atoms. The van der Waals surface area contributed by atoms with Crippen molar-refractivity contribution in [1.82, 2.24) is 9.97 Å². The van der Waals surface area contributed by atoms with Crippen LogP contribution >= 0.6 is 0 Å². The second-order valence-electron chi connectivity index (χ2n) is 5.32. The van der Waals surface area contributed by atoms with Crippen LogP contribution in [0.15, 0.2) is 48.5 Å². The third-order valence-corrected chi connectivity index (χ3v) is 3.76. The van der Waals surface area contributed by atoms with Gasteiger partial charge < -0.3 is 4.98 Å². The predicted octanol–water partition coefficient (Wildman–Crippen LogP) is 3.82. The Morgan fingerprint density at radius 3 is 2.65 bits per heavy atom. The first-order chi connectivity index (χ1) is 9.81. The summed E-state index contributed by atoms with van der Waals surface area (Å²) in [6, 6.07) is 15.7. The van der Waals surface area contributed by atoms with Crippen LogP contribution in [0.1, 0.15) is 23.2 Å². The maximum absolute atomic E-state index is 12.1. The van der Waals surface area contributed by atoms with E-state index in [1.807, 2.05) is 48.5 Å². The van der Waals surface area contributed by atoms with Crippen molar-refractivity contribution in [3.05, 3.63) is 54.1 Å². The number of nitrogens with zero attached hydrogens (tertiary/aromatic N) is 1. The fourth-order valence-corrected chi connectivity index (χ4v) is 2.48. The average Bonchev–Trinajstić information content (AvgIpc) is 3.25. The first-order valence-electron chi connectivity index (χ1n) is 6.91. The highest BCUT2D eigenvalue weighted by Gasteiger charge is 2.30. The van der Waals surface area contributed by atoms with Crippen LogP contribution in [0, 0.1) is 5.92 Å². The number of hydrogen-bond donors (Lipinski definition) is 1. The van der Waals surface area contributed by atoms with Gasteiger partial charge in [0.15, 0.2) is 5.78 Å². The summed E-state index contributed by atoms with van der Waals surface area (Å²) in [5, 5.41) is 0. The minimum atomic E-state index is 0.254. The van der Waals surface area contributed by atoms with Gasteiger partial charge in [-0.1, -0.05) is 30.3 Å². The Balaban J connectivity index is 1.77. The number of nitrogens with one attached hydrogen (secondary N) is 1. The lowest BCUT2D eigenvalue weighted by Crippen LogP contribution is -2.00. The van der Waals surface area contributed by atoms with E-state index in [2.05, 4.69) is 9.97 Å². The molecule has 1 heterocycles. The molecule has 3 nitrogen and oxygen atoms in total. The molecule has 3 heteroatoms. The standard InChI is InChI=1S/C17H14N2O/c20-16(11-6-7-11)13-8-9-14-15(10-13)19-17(18-14)12-4-2-1-3-5-12/h1-5,8-11H,6-7H2,(H,18,19). The van der Waals surface area contributed by atoms with Crippen molar-refractivity contribution in [1.29, 1.82) is 0 Å². The number of rotatable bonds is 3. The van der Waals surface area contributed by atoms with E-state index in [1.165, 1.54) is 0 Å². The van der Waals surface area contributed by atoms with Crippen molar-refractivity contribution in [2.45, 2.75) is 12.8 Å². The third-order valence-electron chi connectivity index (χ3n) is 3.76. The molecule has 0 radical (unpaired) electrons. The van der Waals surface area contributed by atoms with Gasteiger partial charge in [0.1, 0.15) is 5.82 Å². The van der Waals surface area contributed by atoms with Crippen molar-refractivity contribution in [2.75, 3.05) is 0 Å². The highest BCUT2D eigenvalue weighted by molar-refractivity contribution is 6.01. The monoisotopic (exact) mass is 262 g/mol. The van der Waals surface area contributed by atoms with Crippen molar-refractivity contribution >= 4 is 16.8 Å². The molecule has 0 saturated heterocycles. The number of aromatic amines is 1. The van der Waals surface area contributed by atoms with Gasteiger partial charge in [-0.3, -0.25) is 4.79 Å². The highest BCUT2D eigenvalue weighted by atomic mass is 16.1. The Hall–Kier alpha value is -2.42. The van der Waals surface area contributed by atoms with Crippen LogP contribution in [0.5, 0.6) is 0 Å². The van der Waals surface area contributed by atoms with Crippen LogP contribution in [0.25, 0.3) is 22.4 Å². The normalized spacial score (nSPS) is 14.6. The number of H-pyrrole nitrogens is 1. The van der Waals surface area contributed by atoms with Gasteiger partial charge in [-0.2, -0.15) is 0 Å². The zero-order valence-electron chi connectivity index (χ0n) is 11.0. The summed E-state index contributed by atoms with van der Waals surface area (Å²) in [5.41, 5.74) is 3.67. The number of carbonyl (C=O) groups is 1. The van der Waals surface area contributed by atoms with Crippen LogP contribution in [0.4, 0.5) is 0 Å². The molecule has 0 amide bonds. The molecule has 1 aliphatic carbocycles. The number of hydrogen-bond acceptors (Lipinski definition) is 2. The molecule has 1 aromatic heterocycles. The van der Waals surface area contributed by atoms with E-state index < -0.39 is 0 Å². The number of fused-ring (bicyclic) bond motifs is 1. The van der Waals surface area contributed by atoms with Gasteiger partial charge in [0.2, 0.25) is 0 Å². The summed E-state index contributed by atoms with van der Waals surface area (Å²) in [4.78, 5) is 20.0. The largest absolute Gasteiger partial charge is 0.338 e. The molecule has 0 unspecified atom stereocenters. The molecule has 1 fully saturated rings. The highest BCUT2D eigenvalue weighted by Crippen LogP contribution is 2.33. The fourth-order valence-electron chi connectivity index (χ4n) is 2.48. The van der Waals surface area contributed by atoms with E-state index in [9.17, 15) is 4.79 Å². The molecule has 0 atom stereocenters. The number of imidazole rings is 1. The Morgan fingerprint density at radius 2 is 1.90 bits per heavy atom. The summed E-state index contributed by atoms with van der Waals surface area (Å²) in [7, 11) is 0. The second-order valence-corrected chi connectivity index (χ2v) is 5.32. The smallest absolute Gasteiger partial charge is 0.166 e. The van der Waals surface area contributed by atoms with Gasteiger partial charge in [0.25, 0.3) is 0 Å². The van der Waals surface area contributed by atoms with Crippen molar-refractivity contribution < 1.29 is 4.79 Å². The van der Waals surface area contributed by atoms with Crippen molar-refractivity contribution in [3.63, 3.8) is 0 Å². The van der Waals surface area contributed by atoms with E-state index in [0.29, 0.717) is 0 Å². The van der Waals surface area contributed by atoms with Gasteiger partial charge >= 0.3 is 0 Å². The van der Waals surface area contributed by atoms with Gasteiger partial charge in [0.05, 0.1) is 11.0 Å². The van der Waals surface area contributed by atoms with E-state index in [4.69, 9.17) is 0 Å². The maximum atomic E-state index is 12.1. The van der Waals surface area contributed by atoms with E-state index in [0.717, 1.165) is 40.8 Å². The molecule has 98 valence electrons. The van der Waals surface area contributed by atoms with Crippen LogP contribution in [0.3, 0.4) is 0 Å². The van der Waals surface area contributed by atoms with E-state index >= 15 is 0 Å². The SMILES string of the molecule is O=C(c1ccc2nc(-c3ccccc3)[nH]c2c1)C1CC1. The van der Waals surface area contributed by atoms with Crippen molar-refractivity contribution in [2.24, 2.45) is 5.92 Å². The molecule has 4 rings (SSSR count). The summed E-state index contributed by atoms with van der Waals surface area (Å²) in [6.45, 7) is 0. The van der Waals surface area contributed by atoms with E-state index in [-0.39, 0.29) is 11.7 Å². The summed E-state index contributed by atoms with van der Waals surface area (Å²) >= 11 is 0. The molecule has 0 aliphatic heterocycles. The molecular formula is C17H14N2O. The number of ketones is 1. The summed E-state index contributed by atoms with van der Waals surface area (Å²) in [6.07, 6.45) is 2.07. The Labute approximate surface area is 116 Å². The van der Waals surface area contributed by atoms with Gasteiger partial charge in [-0.15, -0.1) is 0 Å². The lowest BCUT2D eigenvalue weighted by atomic mass is 10.1. The third kappa shape index (κ3) is 1.92. The predicted molar refractivity (Wildman–Crippen MR) is 78.6 cm³/mol. The summed E-state index contributed by atoms with van der Waals surface area (Å²) < 4.78 is 0. The first kappa shape index (κ1) is 11.4. The number of benzene rings is 2. The summed E-state index contributed by atoms with van der Waals surface area (Å²) in [5.74, 6) is 1.36. The minimum Gasteiger partial charge on any atom is -0.338 e. The molecule has 20 heavy (non-hydrogen) atoms. The second kappa shape index (κ2) is 4.30. The molecular weight excluding hydrogens is 248 g/mol. The van der Waals surface area contributed by atoms with Crippen LogP contribution in [-0.4, -0.2) is 15.8 Å². The quantitative estimate of drug-likeness (QED) is 0.729. The van der Waals surface area contributed by atoms with Crippen LogP contribution in [-0.2, 0) is 0 Å². The zero-order chi connectivity index (χ0) is 13.5. The van der Waals surface area contributed by atoms with Crippen LogP contribution in [0.2, 0.25) is 0 Å². The molecule has 1 aliphatic rings. The molecule has 1 N–H and O–H groups in total. The molecule has 2 aromatic carbocycles. The van der Waals surface area contributed by atoms with Gasteiger partial charge in [-0.05, 0) is 31.0 Å². The number of Topliss-reactive ketones (excluding diaryl/α,β-unsaturated/α-hetero) is 1. The maximum Gasteiger partial charge on any atom is 0.166 e. The van der Waals surface area contributed by atoms with E-state index in [1.54, 1.807) is 0 Å². The zero-order valence-corrected chi connectivity index (χ0v) is 11.0. The Morgan fingerprint density at radius 1 is 1.10 bits per heavy atom. The Bertz CT molecular complexity index is 785. The van der Waals surface area contributed by atoms with Crippen LogP contribution < -0.4 is 0 Å². The van der Waals surface area contributed by atoms with Gasteiger partial charge in [-0.25, -0.2) is 4.98 Å². The number of aromatic nitrogens is 2. The lowest BCUT2D eigenvalue weighted by molar-refractivity contribution is 0.0968. The lowest BCUT2D eigenvalue weighted by Gasteiger charge is -1.97. The van der Waals surface area contributed by atoms with Crippen molar-refractivity contribution in [3.8, 4) is 11.4 Å². The molecule has 3 aromatic rings. The minimum absolute atomic E-state index is 0.254. The first-order valence-corrected chi connectivity index (χ1v) is 6.91. The average molecular weight is 262 g/mol. The number of carbonyl (C=O) groups excluding carboxylic acids is 1. The molecule has 0 spiro atoms. The fraction of sp³-hybridized carbons (Fsp3) is 0.176. The van der Waals surface area contributed by atoms with Gasteiger partial charge in [0, 0.05) is 17.0 Å².